The van der Waals surface area contributed by atoms with E-state index in [0.29, 0.717) is 19.1 Å². The molecule has 0 spiro atoms. The lowest BCUT2D eigenvalue weighted by Crippen LogP contribution is -2.39. The van der Waals surface area contributed by atoms with Gasteiger partial charge in [0, 0.05) is 30.6 Å². The normalized spacial score (nSPS) is 27.7. The van der Waals surface area contributed by atoms with Gasteiger partial charge in [-0.1, -0.05) is 0 Å². The summed E-state index contributed by atoms with van der Waals surface area (Å²) in [5, 5.41) is 10.3. The largest absolute Gasteiger partial charge is 0.478 e. The molecule has 1 N–H and O–H groups in total. The maximum Gasteiger partial charge on any atom is 0.336 e. The summed E-state index contributed by atoms with van der Waals surface area (Å²) in [6.07, 6.45) is 3.00. The number of fused-ring (bicyclic) bond motifs is 2. The number of carboxylic acids is 1. The van der Waals surface area contributed by atoms with E-state index in [0.717, 1.165) is 30.6 Å². The van der Waals surface area contributed by atoms with Crippen molar-refractivity contribution in [2.45, 2.75) is 35.6 Å². The van der Waals surface area contributed by atoms with Gasteiger partial charge in [0.2, 0.25) is 0 Å². The van der Waals surface area contributed by atoms with Gasteiger partial charge in [0.1, 0.15) is 4.21 Å². The lowest BCUT2D eigenvalue weighted by molar-refractivity contribution is 0.0697. The number of hydrogen-bond acceptors (Lipinski definition) is 5. The molecular weight excluding hydrogens is 312 g/mol. The van der Waals surface area contributed by atoms with Crippen LogP contribution in [0.5, 0.6) is 0 Å². The van der Waals surface area contributed by atoms with Crippen LogP contribution in [-0.4, -0.2) is 60.9 Å². The second kappa shape index (κ2) is 5.35. The van der Waals surface area contributed by atoms with E-state index in [-0.39, 0.29) is 15.8 Å². The first-order valence-corrected chi connectivity index (χ1v) is 9.25. The molecule has 2 unspecified atom stereocenters. The summed E-state index contributed by atoms with van der Waals surface area (Å²) in [6.45, 7) is 1.00. The third-order valence-electron chi connectivity index (χ3n) is 4.53. The lowest BCUT2D eigenvalue weighted by Gasteiger charge is -2.24. The maximum atomic E-state index is 12.7. The standard InChI is InChI=1S/C13H18N2O4S2/c1-14-10-2-3-11(14)7-15(5-4-10)21(18,19)12-6-9(8-20-12)13(16)17/h6,8,10-11H,2-5,7H2,1H3,(H,16,17). The molecule has 2 atom stereocenters. The molecule has 2 saturated heterocycles. The zero-order valence-corrected chi connectivity index (χ0v) is 13.4. The van der Waals surface area contributed by atoms with E-state index >= 15 is 0 Å². The van der Waals surface area contributed by atoms with Crippen LogP contribution in [0.1, 0.15) is 29.6 Å². The molecule has 2 aliphatic heterocycles. The van der Waals surface area contributed by atoms with Gasteiger partial charge in [0.25, 0.3) is 10.0 Å². The second-order valence-corrected chi connectivity index (χ2v) is 8.74. The molecule has 0 saturated carbocycles. The first kappa shape index (κ1) is 15.0. The number of carbonyl (C=O) groups is 1. The molecule has 1 aromatic heterocycles. The van der Waals surface area contributed by atoms with Crippen LogP contribution in [-0.2, 0) is 10.0 Å². The minimum atomic E-state index is -3.58. The predicted molar refractivity (Wildman–Crippen MR) is 79.2 cm³/mol. The van der Waals surface area contributed by atoms with E-state index in [4.69, 9.17) is 5.11 Å². The Balaban J connectivity index is 1.86. The third kappa shape index (κ3) is 2.61. The van der Waals surface area contributed by atoms with E-state index in [1.54, 1.807) is 0 Å². The summed E-state index contributed by atoms with van der Waals surface area (Å²) in [5.74, 6) is -1.10. The zero-order chi connectivity index (χ0) is 15.2. The Morgan fingerprint density at radius 2 is 2.05 bits per heavy atom. The summed E-state index contributed by atoms with van der Waals surface area (Å²) in [6, 6.07) is 1.99. The molecule has 2 fully saturated rings. The highest BCUT2D eigenvalue weighted by atomic mass is 32.2. The van der Waals surface area contributed by atoms with E-state index in [1.165, 1.54) is 15.8 Å². The fourth-order valence-electron chi connectivity index (χ4n) is 3.19. The SMILES string of the molecule is CN1C2CCC1CN(S(=O)(=O)c1cc(C(=O)O)cs1)CC2. The Labute approximate surface area is 128 Å². The van der Waals surface area contributed by atoms with E-state index in [2.05, 4.69) is 11.9 Å². The van der Waals surface area contributed by atoms with Gasteiger partial charge in [0.05, 0.1) is 5.56 Å². The number of likely N-dealkylation sites (N-methyl/N-ethyl adjacent to an activating group) is 1. The molecule has 2 aliphatic rings. The number of aromatic carboxylic acids is 1. The van der Waals surface area contributed by atoms with Gasteiger partial charge in [-0.3, -0.25) is 4.90 Å². The van der Waals surface area contributed by atoms with E-state index < -0.39 is 16.0 Å². The molecule has 21 heavy (non-hydrogen) atoms. The van der Waals surface area contributed by atoms with Gasteiger partial charge in [-0.05, 0) is 32.4 Å². The highest BCUT2D eigenvalue weighted by Crippen LogP contribution is 2.32. The summed E-state index contributed by atoms with van der Waals surface area (Å²) in [5.41, 5.74) is 0.0343. The van der Waals surface area contributed by atoms with Gasteiger partial charge >= 0.3 is 5.97 Å². The minimum Gasteiger partial charge on any atom is -0.478 e. The number of sulfonamides is 1. The van der Waals surface area contributed by atoms with Crippen molar-refractivity contribution in [2.75, 3.05) is 20.1 Å². The average molecular weight is 330 g/mol. The quantitative estimate of drug-likeness (QED) is 0.904. The molecule has 0 amide bonds. The Bertz CT molecular complexity index is 655. The molecule has 1 aromatic rings. The highest BCUT2D eigenvalue weighted by Gasteiger charge is 2.39. The third-order valence-corrected chi connectivity index (χ3v) is 7.81. The lowest BCUT2D eigenvalue weighted by atomic mass is 10.1. The molecule has 6 nitrogen and oxygen atoms in total. The first-order valence-electron chi connectivity index (χ1n) is 6.93. The van der Waals surface area contributed by atoms with Crippen LogP contribution in [0.4, 0.5) is 0 Å². The fraction of sp³-hybridized carbons (Fsp3) is 0.615. The fourth-order valence-corrected chi connectivity index (χ4v) is 5.99. The molecule has 0 radical (unpaired) electrons. The molecule has 3 rings (SSSR count). The van der Waals surface area contributed by atoms with Gasteiger partial charge in [-0.15, -0.1) is 11.3 Å². The van der Waals surface area contributed by atoms with Crippen molar-refractivity contribution in [3.8, 4) is 0 Å². The van der Waals surface area contributed by atoms with E-state index in [1.807, 2.05) is 0 Å². The molecule has 3 heterocycles. The van der Waals surface area contributed by atoms with Crippen LogP contribution < -0.4 is 0 Å². The van der Waals surface area contributed by atoms with Crippen LogP contribution in [0.2, 0.25) is 0 Å². The second-order valence-electron chi connectivity index (χ2n) is 5.66. The summed E-state index contributed by atoms with van der Waals surface area (Å²) < 4.78 is 27.0. The smallest absolute Gasteiger partial charge is 0.336 e. The van der Waals surface area contributed by atoms with Crippen molar-refractivity contribution in [2.24, 2.45) is 0 Å². The van der Waals surface area contributed by atoms with Crippen LogP contribution in [0, 0.1) is 0 Å². The molecular formula is C13H18N2O4S2. The monoisotopic (exact) mass is 330 g/mol. The van der Waals surface area contributed by atoms with E-state index in [9.17, 15) is 13.2 Å². The zero-order valence-electron chi connectivity index (χ0n) is 11.7. The Morgan fingerprint density at radius 3 is 2.71 bits per heavy atom. The topological polar surface area (TPSA) is 77.9 Å². The average Bonchev–Trinajstić information content (AvgIpc) is 2.96. The summed E-state index contributed by atoms with van der Waals surface area (Å²) >= 11 is 0.982. The number of nitrogens with zero attached hydrogens (tertiary/aromatic N) is 2. The molecule has 0 aromatic carbocycles. The number of hydrogen-bond donors (Lipinski definition) is 1. The van der Waals surface area contributed by atoms with Crippen LogP contribution in [0.3, 0.4) is 0 Å². The van der Waals surface area contributed by atoms with Gasteiger partial charge in [0.15, 0.2) is 0 Å². The van der Waals surface area contributed by atoms with Crippen molar-refractivity contribution >= 4 is 27.3 Å². The molecule has 0 aliphatic carbocycles. The first-order chi connectivity index (χ1) is 9.89. The van der Waals surface area contributed by atoms with Gasteiger partial charge < -0.3 is 5.11 Å². The van der Waals surface area contributed by atoms with Crippen LogP contribution in [0.15, 0.2) is 15.7 Å². The predicted octanol–water partition coefficient (Wildman–Crippen LogP) is 1.30. The van der Waals surface area contributed by atoms with Crippen molar-refractivity contribution in [1.29, 1.82) is 0 Å². The molecule has 2 bridgehead atoms. The molecule has 116 valence electrons. The molecule has 8 heteroatoms. The Hall–Kier alpha value is -0.960. The summed E-state index contributed by atoms with van der Waals surface area (Å²) in [7, 11) is -1.52. The Kier molecular flexibility index (Phi) is 3.81. The van der Waals surface area contributed by atoms with Crippen molar-refractivity contribution in [3.05, 3.63) is 17.0 Å². The number of rotatable bonds is 3. The number of thiophene rings is 1. The summed E-state index contributed by atoms with van der Waals surface area (Å²) in [4.78, 5) is 13.2. The van der Waals surface area contributed by atoms with Crippen molar-refractivity contribution in [3.63, 3.8) is 0 Å². The Morgan fingerprint density at radius 1 is 1.33 bits per heavy atom. The van der Waals surface area contributed by atoms with Crippen LogP contribution in [0.25, 0.3) is 0 Å². The van der Waals surface area contributed by atoms with Crippen molar-refractivity contribution in [1.82, 2.24) is 9.21 Å². The minimum absolute atomic E-state index is 0.0343. The maximum absolute atomic E-state index is 12.7. The van der Waals surface area contributed by atoms with Crippen LogP contribution >= 0.6 is 11.3 Å². The van der Waals surface area contributed by atoms with Crippen molar-refractivity contribution < 1.29 is 18.3 Å². The highest BCUT2D eigenvalue weighted by molar-refractivity contribution is 7.91. The number of carboxylic acid groups (broad SMARTS) is 1. The van der Waals surface area contributed by atoms with Gasteiger partial charge in [-0.25, -0.2) is 13.2 Å². The van der Waals surface area contributed by atoms with Gasteiger partial charge in [-0.2, -0.15) is 4.31 Å².